The van der Waals surface area contributed by atoms with Gasteiger partial charge in [-0.2, -0.15) is 0 Å². The van der Waals surface area contributed by atoms with Crippen LogP contribution in [0.5, 0.6) is 0 Å². The van der Waals surface area contributed by atoms with Gasteiger partial charge in [0.05, 0.1) is 0 Å². The molecule has 1 heteroatoms. The number of hydrogen-bond donors (Lipinski definition) is 1. The third kappa shape index (κ3) is 4.05. The first kappa shape index (κ1) is 12.3. The van der Waals surface area contributed by atoms with Crippen molar-refractivity contribution in [2.24, 2.45) is 0 Å². The molecule has 1 rings (SSSR count). The Morgan fingerprint density at radius 1 is 1.27 bits per heavy atom. The van der Waals surface area contributed by atoms with Crippen molar-refractivity contribution >= 4 is 0 Å². The van der Waals surface area contributed by atoms with Crippen LogP contribution in [0, 0.1) is 6.92 Å². The van der Waals surface area contributed by atoms with Crippen LogP contribution in [-0.4, -0.2) is 12.6 Å². The Kier molecular flexibility index (Phi) is 4.83. The quantitative estimate of drug-likeness (QED) is 0.776. The summed E-state index contributed by atoms with van der Waals surface area (Å²) >= 11 is 0. The van der Waals surface area contributed by atoms with Gasteiger partial charge in [0.1, 0.15) is 0 Å². The van der Waals surface area contributed by atoms with E-state index in [1.165, 1.54) is 17.5 Å². The van der Waals surface area contributed by atoms with E-state index in [4.69, 9.17) is 0 Å². The minimum Gasteiger partial charge on any atom is -0.314 e. The molecule has 0 aromatic heterocycles. The molecule has 84 valence electrons. The summed E-state index contributed by atoms with van der Waals surface area (Å²) in [5.41, 5.74) is 2.79. The van der Waals surface area contributed by atoms with E-state index in [0.717, 1.165) is 6.54 Å². The van der Waals surface area contributed by atoms with E-state index in [-0.39, 0.29) is 0 Å². The van der Waals surface area contributed by atoms with Gasteiger partial charge >= 0.3 is 0 Å². The van der Waals surface area contributed by atoms with Crippen molar-refractivity contribution < 1.29 is 0 Å². The van der Waals surface area contributed by atoms with Crippen molar-refractivity contribution in [2.45, 2.75) is 46.1 Å². The van der Waals surface area contributed by atoms with E-state index in [1.807, 2.05) is 0 Å². The van der Waals surface area contributed by atoms with Gasteiger partial charge in [0.25, 0.3) is 0 Å². The molecule has 0 heterocycles. The van der Waals surface area contributed by atoms with Gasteiger partial charge in [-0.25, -0.2) is 0 Å². The molecule has 0 fully saturated rings. The van der Waals surface area contributed by atoms with E-state index in [9.17, 15) is 0 Å². The smallest absolute Gasteiger partial charge is 0.00363 e. The summed E-state index contributed by atoms with van der Waals surface area (Å²) in [4.78, 5) is 0. The SMILES string of the molecule is CCC(C)NCC(C)c1cccc(C)c1. The third-order valence-corrected chi connectivity index (χ3v) is 3.00. The fourth-order valence-electron chi connectivity index (χ4n) is 1.62. The summed E-state index contributed by atoms with van der Waals surface area (Å²) in [6, 6.07) is 9.42. The first-order valence-corrected chi connectivity index (χ1v) is 5.93. The van der Waals surface area contributed by atoms with Crippen LogP contribution in [0.15, 0.2) is 24.3 Å². The van der Waals surface area contributed by atoms with Gasteiger partial charge in [0, 0.05) is 12.6 Å². The van der Waals surface area contributed by atoms with Crippen LogP contribution >= 0.6 is 0 Å². The van der Waals surface area contributed by atoms with Crippen LogP contribution in [0.25, 0.3) is 0 Å². The van der Waals surface area contributed by atoms with Crippen LogP contribution < -0.4 is 5.32 Å². The Morgan fingerprint density at radius 2 is 2.00 bits per heavy atom. The molecular formula is C14H23N. The van der Waals surface area contributed by atoms with Crippen LogP contribution in [0.3, 0.4) is 0 Å². The molecule has 1 N–H and O–H groups in total. The molecule has 2 unspecified atom stereocenters. The van der Waals surface area contributed by atoms with E-state index in [2.05, 4.69) is 57.3 Å². The lowest BCUT2D eigenvalue weighted by Gasteiger charge is -2.17. The molecule has 1 aromatic carbocycles. The molecule has 0 aliphatic carbocycles. The van der Waals surface area contributed by atoms with Crippen molar-refractivity contribution in [3.8, 4) is 0 Å². The van der Waals surface area contributed by atoms with Gasteiger partial charge in [-0.3, -0.25) is 0 Å². The van der Waals surface area contributed by atoms with Crippen molar-refractivity contribution in [3.05, 3.63) is 35.4 Å². The lowest BCUT2D eigenvalue weighted by Crippen LogP contribution is -2.28. The third-order valence-electron chi connectivity index (χ3n) is 3.00. The van der Waals surface area contributed by atoms with Crippen LogP contribution in [0.2, 0.25) is 0 Å². The number of rotatable bonds is 5. The van der Waals surface area contributed by atoms with E-state index in [1.54, 1.807) is 0 Å². The molecule has 0 spiro atoms. The molecule has 15 heavy (non-hydrogen) atoms. The molecule has 0 radical (unpaired) electrons. The number of benzene rings is 1. The normalized spacial score (nSPS) is 14.9. The van der Waals surface area contributed by atoms with Gasteiger partial charge in [-0.05, 0) is 31.7 Å². The average molecular weight is 205 g/mol. The first-order valence-electron chi connectivity index (χ1n) is 5.93. The summed E-state index contributed by atoms with van der Waals surface area (Å²) in [5.74, 6) is 0.596. The molecule has 0 amide bonds. The minimum absolute atomic E-state index is 0.596. The molecule has 0 aliphatic rings. The summed E-state index contributed by atoms with van der Waals surface area (Å²) in [7, 11) is 0. The van der Waals surface area contributed by atoms with Crippen molar-refractivity contribution in [2.75, 3.05) is 6.54 Å². The zero-order valence-electron chi connectivity index (χ0n) is 10.4. The maximum absolute atomic E-state index is 3.55. The zero-order chi connectivity index (χ0) is 11.3. The Morgan fingerprint density at radius 3 is 2.60 bits per heavy atom. The second-order valence-corrected chi connectivity index (χ2v) is 4.53. The lowest BCUT2D eigenvalue weighted by molar-refractivity contribution is 0.508. The summed E-state index contributed by atoms with van der Waals surface area (Å²) in [6.07, 6.45) is 1.19. The van der Waals surface area contributed by atoms with E-state index >= 15 is 0 Å². The van der Waals surface area contributed by atoms with Crippen molar-refractivity contribution in [3.63, 3.8) is 0 Å². The topological polar surface area (TPSA) is 12.0 Å². The van der Waals surface area contributed by atoms with Crippen molar-refractivity contribution in [1.82, 2.24) is 5.32 Å². The monoisotopic (exact) mass is 205 g/mol. The average Bonchev–Trinajstić information content (AvgIpc) is 2.25. The highest BCUT2D eigenvalue weighted by Gasteiger charge is 2.06. The van der Waals surface area contributed by atoms with Crippen LogP contribution in [0.1, 0.15) is 44.2 Å². The molecule has 1 nitrogen and oxygen atoms in total. The molecule has 2 atom stereocenters. The largest absolute Gasteiger partial charge is 0.314 e. The second-order valence-electron chi connectivity index (χ2n) is 4.53. The first-order chi connectivity index (χ1) is 7.13. The molecular weight excluding hydrogens is 182 g/mol. The lowest BCUT2D eigenvalue weighted by atomic mass is 9.99. The molecule has 0 bridgehead atoms. The number of aryl methyl sites for hydroxylation is 1. The highest BCUT2D eigenvalue weighted by atomic mass is 14.9. The maximum Gasteiger partial charge on any atom is 0.00363 e. The summed E-state index contributed by atoms with van der Waals surface area (Å²) < 4.78 is 0. The van der Waals surface area contributed by atoms with Gasteiger partial charge in [0.15, 0.2) is 0 Å². The fraction of sp³-hybridized carbons (Fsp3) is 0.571. The van der Waals surface area contributed by atoms with Gasteiger partial charge in [0.2, 0.25) is 0 Å². The zero-order valence-corrected chi connectivity index (χ0v) is 10.4. The number of nitrogens with one attached hydrogen (secondary N) is 1. The minimum atomic E-state index is 0.596. The Hall–Kier alpha value is -0.820. The van der Waals surface area contributed by atoms with Gasteiger partial charge in [-0.1, -0.05) is 43.7 Å². The van der Waals surface area contributed by atoms with E-state index in [0.29, 0.717) is 12.0 Å². The molecule has 0 aliphatic heterocycles. The molecule has 1 aromatic rings. The Bertz CT molecular complexity index is 293. The predicted octanol–water partition coefficient (Wildman–Crippen LogP) is 3.49. The summed E-state index contributed by atoms with van der Waals surface area (Å²) in [5, 5.41) is 3.55. The maximum atomic E-state index is 3.55. The highest BCUT2D eigenvalue weighted by Crippen LogP contribution is 2.15. The van der Waals surface area contributed by atoms with Gasteiger partial charge < -0.3 is 5.32 Å². The molecule has 0 saturated heterocycles. The number of hydrogen-bond acceptors (Lipinski definition) is 1. The standard InChI is InChI=1S/C14H23N/c1-5-13(4)15-10-12(3)14-8-6-7-11(2)9-14/h6-9,12-13,15H,5,10H2,1-4H3. The van der Waals surface area contributed by atoms with Crippen LogP contribution in [-0.2, 0) is 0 Å². The highest BCUT2D eigenvalue weighted by molar-refractivity contribution is 5.25. The Labute approximate surface area is 93.9 Å². The second kappa shape index (κ2) is 5.92. The van der Waals surface area contributed by atoms with Crippen LogP contribution in [0.4, 0.5) is 0 Å². The Balaban J connectivity index is 2.50. The van der Waals surface area contributed by atoms with Crippen molar-refractivity contribution in [1.29, 1.82) is 0 Å². The van der Waals surface area contributed by atoms with E-state index < -0.39 is 0 Å². The fourth-order valence-corrected chi connectivity index (χ4v) is 1.62. The molecule has 0 saturated carbocycles. The summed E-state index contributed by atoms with van der Waals surface area (Å²) in [6.45, 7) is 9.96. The van der Waals surface area contributed by atoms with Gasteiger partial charge in [-0.15, -0.1) is 0 Å². The predicted molar refractivity (Wildman–Crippen MR) is 67.3 cm³/mol.